The molecule has 2 N–H and O–H groups in total. The van der Waals surface area contributed by atoms with Gasteiger partial charge in [0.1, 0.15) is 5.75 Å². The Balaban J connectivity index is 1.62. The minimum Gasteiger partial charge on any atom is -0.492 e. The Morgan fingerprint density at radius 3 is 2.81 bits per heavy atom. The Labute approximate surface area is 125 Å². The van der Waals surface area contributed by atoms with Gasteiger partial charge in [-0.25, -0.2) is 13.6 Å². The SMILES string of the molecule is O=C(NC1CC(F)(F)C1)NC1CCOc2c(Cl)cccc21. The molecule has 0 aromatic heterocycles. The standard InChI is InChI=1S/C14H15ClF2N2O2/c15-10-3-1-2-9-11(4-5-21-12(9)10)19-13(20)18-8-6-14(16,17)7-8/h1-3,8,11H,4-7H2,(H2,18,19,20). The molecule has 21 heavy (non-hydrogen) atoms. The summed E-state index contributed by atoms with van der Waals surface area (Å²) in [5.41, 5.74) is 0.808. The Bertz CT molecular complexity index is 560. The lowest BCUT2D eigenvalue weighted by Gasteiger charge is -2.36. The molecule has 4 nitrogen and oxygen atoms in total. The predicted molar refractivity (Wildman–Crippen MR) is 73.9 cm³/mol. The number of urea groups is 1. The van der Waals surface area contributed by atoms with Gasteiger partial charge in [-0.15, -0.1) is 0 Å². The Hall–Kier alpha value is -1.56. The number of fused-ring (bicyclic) bond motifs is 1. The van der Waals surface area contributed by atoms with Crippen LogP contribution in [0.3, 0.4) is 0 Å². The smallest absolute Gasteiger partial charge is 0.315 e. The lowest BCUT2D eigenvalue weighted by molar-refractivity contribution is -0.0896. The molecule has 1 unspecified atom stereocenters. The van der Waals surface area contributed by atoms with Crippen molar-refractivity contribution in [3.63, 3.8) is 0 Å². The van der Waals surface area contributed by atoms with Crippen LogP contribution in [0.2, 0.25) is 5.02 Å². The maximum absolute atomic E-state index is 12.7. The summed E-state index contributed by atoms with van der Waals surface area (Å²) < 4.78 is 31.0. The summed E-state index contributed by atoms with van der Waals surface area (Å²) in [6, 6.07) is 4.22. The van der Waals surface area contributed by atoms with E-state index in [1.807, 2.05) is 6.07 Å². The van der Waals surface area contributed by atoms with E-state index in [0.29, 0.717) is 23.8 Å². The van der Waals surface area contributed by atoms with Crippen molar-refractivity contribution in [3.05, 3.63) is 28.8 Å². The molecule has 0 radical (unpaired) electrons. The van der Waals surface area contributed by atoms with Crippen LogP contribution in [-0.2, 0) is 0 Å². The normalized spacial score (nSPS) is 23.5. The lowest BCUT2D eigenvalue weighted by Crippen LogP contribution is -2.53. The van der Waals surface area contributed by atoms with E-state index in [1.54, 1.807) is 12.1 Å². The molecule has 1 saturated carbocycles. The zero-order valence-electron chi connectivity index (χ0n) is 11.2. The largest absolute Gasteiger partial charge is 0.492 e. The molecule has 1 heterocycles. The van der Waals surface area contributed by atoms with Crippen molar-refractivity contribution in [2.24, 2.45) is 0 Å². The van der Waals surface area contributed by atoms with E-state index in [0.717, 1.165) is 5.56 Å². The van der Waals surface area contributed by atoms with Gasteiger partial charge >= 0.3 is 6.03 Å². The lowest BCUT2D eigenvalue weighted by atomic mass is 9.88. The number of halogens is 3. The summed E-state index contributed by atoms with van der Waals surface area (Å²) >= 11 is 6.05. The highest BCUT2D eigenvalue weighted by Crippen LogP contribution is 2.38. The molecule has 2 amide bonds. The topological polar surface area (TPSA) is 50.4 Å². The molecule has 3 rings (SSSR count). The first-order chi connectivity index (χ1) is 9.94. The number of amides is 2. The van der Waals surface area contributed by atoms with Gasteiger partial charge in [0.25, 0.3) is 5.92 Å². The molecule has 1 aliphatic carbocycles. The molecule has 114 valence electrons. The number of hydrogen-bond donors (Lipinski definition) is 2. The summed E-state index contributed by atoms with van der Waals surface area (Å²) in [6.45, 7) is 0.448. The molecule has 7 heteroatoms. The number of para-hydroxylation sites is 1. The van der Waals surface area contributed by atoms with Gasteiger partial charge < -0.3 is 15.4 Å². The van der Waals surface area contributed by atoms with Crippen LogP contribution in [0, 0.1) is 0 Å². The highest BCUT2D eigenvalue weighted by Gasteiger charge is 2.46. The second-order valence-electron chi connectivity index (χ2n) is 5.43. The van der Waals surface area contributed by atoms with E-state index in [1.165, 1.54) is 0 Å². The van der Waals surface area contributed by atoms with Crippen molar-refractivity contribution in [3.8, 4) is 5.75 Å². The van der Waals surface area contributed by atoms with Crippen molar-refractivity contribution in [1.82, 2.24) is 10.6 Å². The fraction of sp³-hybridized carbons (Fsp3) is 0.500. The Morgan fingerprint density at radius 2 is 2.10 bits per heavy atom. The number of nitrogens with one attached hydrogen (secondary N) is 2. The van der Waals surface area contributed by atoms with Crippen LogP contribution in [0.5, 0.6) is 5.75 Å². The quantitative estimate of drug-likeness (QED) is 0.880. The number of alkyl halides is 2. The molecule has 0 saturated heterocycles. The molecule has 1 aromatic carbocycles. The van der Waals surface area contributed by atoms with Gasteiger partial charge in [-0.2, -0.15) is 0 Å². The molecule has 0 bridgehead atoms. The van der Waals surface area contributed by atoms with E-state index >= 15 is 0 Å². The predicted octanol–water partition coefficient (Wildman–Crippen LogP) is 3.26. The van der Waals surface area contributed by atoms with Crippen LogP contribution in [0.25, 0.3) is 0 Å². The van der Waals surface area contributed by atoms with Crippen LogP contribution in [-0.4, -0.2) is 24.6 Å². The third-order valence-corrected chi connectivity index (χ3v) is 4.05. The number of hydrogen-bond acceptors (Lipinski definition) is 2. The fourth-order valence-electron chi connectivity index (χ4n) is 2.69. The number of carbonyl (C=O) groups excluding carboxylic acids is 1. The fourth-order valence-corrected chi connectivity index (χ4v) is 2.92. The monoisotopic (exact) mass is 316 g/mol. The highest BCUT2D eigenvalue weighted by atomic mass is 35.5. The first-order valence-corrected chi connectivity index (χ1v) is 7.18. The van der Waals surface area contributed by atoms with Crippen molar-refractivity contribution in [2.45, 2.75) is 37.3 Å². The van der Waals surface area contributed by atoms with Crippen molar-refractivity contribution in [1.29, 1.82) is 0 Å². The second-order valence-corrected chi connectivity index (χ2v) is 5.83. The van der Waals surface area contributed by atoms with Gasteiger partial charge in [-0.1, -0.05) is 23.7 Å². The summed E-state index contributed by atoms with van der Waals surface area (Å²) in [4.78, 5) is 11.9. The van der Waals surface area contributed by atoms with Crippen LogP contribution < -0.4 is 15.4 Å². The summed E-state index contributed by atoms with van der Waals surface area (Å²) in [7, 11) is 0. The maximum Gasteiger partial charge on any atom is 0.315 e. The zero-order chi connectivity index (χ0) is 15.0. The average molecular weight is 317 g/mol. The third kappa shape index (κ3) is 3.05. The van der Waals surface area contributed by atoms with Crippen molar-refractivity contribution < 1.29 is 18.3 Å². The second kappa shape index (κ2) is 5.33. The number of rotatable bonds is 2. The number of benzene rings is 1. The number of ether oxygens (including phenoxy) is 1. The van der Waals surface area contributed by atoms with Crippen molar-refractivity contribution in [2.75, 3.05) is 6.61 Å². The molecule has 2 aliphatic rings. The molecular weight excluding hydrogens is 302 g/mol. The van der Waals surface area contributed by atoms with E-state index in [9.17, 15) is 13.6 Å². The van der Waals surface area contributed by atoms with Gasteiger partial charge in [-0.05, 0) is 6.07 Å². The van der Waals surface area contributed by atoms with Gasteiger partial charge in [0.05, 0.1) is 17.7 Å². The minimum atomic E-state index is -2.64. The van der Waals surface area contributed by atoms with Gasteiger partial charge in [0.15, 0.2) is 0 Å². The Kier molecular flexibility index (Phi) is 3.65. The Morgan fingerprint density at radius 1 is 1.33 bits per heavy atom. The maximum atomic E-state index is 12.7. The molecule has 1 aromatic rings. The average Bonchev–Trinajstić information content (AvgIpc) is 2.38. The van der Waals surface area contributed by atoms with Crippen LogP contribution in [0.4, 0.5) is 13.6 Å². The van der Waals surface area contributed by atoms with E-state index in [2.05, 4.69) is 10.6 Å². The van der Waals surface area contributed by atoms with Crippen LogP contribution >= 0.6 is 11.6 Å². The van der Waals surface area contributed by atoms with Gasteiger partial charge in [0.2, 0.25) is 0 Å². The highest BCUT2D eigenvalue weighted by molar-refractivity contribution is 6.32. The summed E-state index contributed by atoms with van der Waals surface area (Å²) in [5, 5.41) is 5.85. The van der Waals surface area contributed by atoms with E-state index < -0.39 is 18.0 Å². The molecular formula is C14H15ClF2N2O2. The van der Waals surface area contributed by atoms with Crippen molar-refractivity contribution >= 4 is 17.6 Å². The third-order valence-electron chi connectivity index (χ3n) is 3.76. The van der Waals surface area contributed by atoms with Crippen LogP contribution in [0.1, 0.15) is 30.9 Å². The first-order valence-electron chi connectivity index (χ1n) is 6.81. The summed E-state index contributed by atoms with van der Waals surface area (Å²) in [6.07, 6.45) is 0.0226. The minimum absolute atomic E-state index is 0.229. The van der Waals surface area contributed by atoms with Gasteiger partial charge in [0, 0.05) is 30.9 Å². The molecule has 1 fully saturated rings. The van der Waals surface area contributed by atoms with E-state index in [-0.39, 0.29) is 18.9 Å². The molecule has 1 aliphatic heterocycles. The zero-order valence-corrected chi connectivity index (χ0v) is 11.9. The molecule has 1 atom stereocenters. The number of carbonyl (C=O) groups is 1. The van der Waals surface area contributed by atoms with Gasteiger partial charge in [-0.3, -0.25) is 0 Å². The summed E-state index contributed by atoms with van der Waals surface area (Å²) in [5.74, 6) is -2.07. The molecule has 0 spiro atoms. The first kappa shape index (κ1) is 14.4. The van der Waals surface area contributed by atoms with Crippen LogP contribution in [0.15, 0.2) is 18.2 Å². The van der Waals surface area contributed by atoms with E-state index in [4.69, 9.17) is 16.3 Å².